The molecule has 0 aromatic carbocycles. The third kappa shape index (κ3) is 1.68. The molecule has 3 nitrogen and oxygen atoms in total. The first-order chi connectivity index (χ1) is 7.15. The van der Waals surface area contributed by atoms with Crippen molar-refractivity contribution in [2.75, 3.05) is 0 Å². The lowest BCUT2D eigenvalue weighted by molar-refractivity contribution is 0.0997. The number of nitriles is 1. The second kappa shape index (κ2) is 3.54. The van der Waals surface area contributed by atoms with E-state index in [1.165, 1.54) is 12.8 Å². The average Bonchev–Trinajstić information content (AvgIpc) is 2.95. The highest BCUT2D eigenvalue weighted by Crippen LogP contribution is 2.38. The fourth-order valence-electron chi connectivity index (χ4n) is 2.12. The summed E-state index contributed by atoms with van der Waals surface area (Å²) in [6.45, 7) is 3.99. The van der Waals surface area contributed by atoms with Gasteiger partial charge < -0.3 is 4.57 Å². The Morgan fingerprint density at radius 2 is 2.27 bits per heavy atom. The molecule has 1 aliphatic rings. The monoisotopic (exact) mass is 202 g/mol. The summed E-state index contributed by atoms with van der Waals surface area (Å²) in [5.74, 6) is -0.0579. The molecule has 1 heterocycles. The van der Waals surface area contributed by atoms with Crippen LogP contribution in [0.5, 0.6) is 0 Å². The van der Waals surface area contributed by atoms with E-state index in [0.29, 0.717) is 6.04 Å². The van der Waals surface area contributed by atoms with Crippen LogP contribution in [0.2, 0.25) is 0 Å². The highest BCUT2D eigenvalue weighted by Gasteiger charge is 2.28. The Morgan fingerprint density at radius 1 is 1.60 bits per heavy atom. The van der Waals surface area contributed by atoms with Crippen LogP contribution in [-0.2, 0) is 0 Å². The topological polar surface area (TPSA) is 45.8 Å². The molecule has 0 unspecified atom stereocenters. The van der Waals surface area contributed by atoms with Crippen molar-refractivity contribution in [1.29, 1.82) is 5.26 Å². The van der Waals surface area contributed by atoms with Crippen LogP contribution in [0.25, 0.3) is 0 Å². The standard InChI is InChI=1S/C12H14N2O/c1-8-7-11(12(15)5-6-13)9(2)14(8)10-3-4-10/h7,10H,3-5H2,1-2H3. The lowest BCUT2D eigenvalue weighted by atomic mass is 10.1. The van der Waals surface area contributed by atoms with Crippen LogP contribution in [-0.4, -0.2) is 10.4 Å². The van der Waals surface area contributed by atoms with Gasteiger partial charge in [-0.15, -0.1) is 0 Å². The average molecular weight is 202 g/mol. The van der Waals surface area contributed by atoms with Gasteiger partial charge in [-0.25, -0.2) is 0 Å². The molecule has 0 radical (unpaired) electrons. The van der Waals surface area contributed by atoms with E-state index < -0.39 is 0 Å². The minimum atomic E-state index is -0.0579. The number of ketones is 1. The maximum atomic E-state index is 11.6. The number of carbonyl (C=O) groups is 1. The minimum Gasteiger partial charge on any atom is -0.345 e. The van der Waals surface area contributed by atoms with Crippen molar-refractivity contribution in [3.8, 4) is 6.07 Å². The first kappa shape index (κ1) is 9.97. The predicted molar refractivity (Wildman–Crippen MR) is 56.7 cm³/mol. The fraction of sp³-hybridized carbons (Fsp3) is 0.500. The van der Waals surface area contributed by atoms with E-state index in [1.807, 2.05) is 26.0 Å². The normalized spacial score (nSPS) is 15.0. The van der Waals surface area contributed by atoms with Crippen LogP contribution in [0.4, 0.5) is 0 Å². The van der Waals surface area contributed by atoms with Crippen LogP contribution in [0.1, 0.15) is 47.1 Å². The molecule has 0 bridgehead atoms. The molecule has 1 aromatic rings. The van der Waals surface area contributed by atoms with E-state index in [2.05, 4.69) is 4.57 Å². The molecule has 0 spiro atoms. The molecule has 1 aliphatic carbocycles. The van der Waals surface area contributed by atoms with Crippen molar-refractivity contribution >= 4 is 5.78 Å². The molecule has 0 atom stereocenters. The Bertz CT molecular complexity index is 447. The second-order valence-corrected chi connectivity index (χ2v) is 4.14. The summed E-state index contributed by atoms with van der Waals surface area (Å²) in [5, 5.41) is 8.51. The van der Waals surface area contributed by atoms with Crippen molar-refractivity contribution < 1.29 is 4.79 Å². The van der Waals surface area contributed by atoms with Gasteiger partial charge in [0.2, 0.25) is 0 Å². The summed E-state index contributed by atoms with van der Waals surface area (Å²) < 4.78 is 2.23. The maximum Gasteiger partial charge on any atom is 0.178 e. The number of Topliss-reactive ketones (excluding diaryl/α,β-unsaturated/α-hetero) is 1. The smallest absolute Gasteiger partial charge is 0.178 e. The Hall–Kier alpha value is -1.56. The van der Waals surface area contributed by atoms with Crippen molar-refractivity contribution in [3.63, 3.8) is 0 Å². The van der Waals surface area contributed by atoms with Gasteiger partial charge in [0.25, 0.3) is 0 Å². The summed E-state index contributed by atoms with van der Waals surface area (Å²) in [7, 11) is 0. The third-order valence-corrected chi connectivity index (χ3v) is 2.94. The predicted octanol–water partition coefficient (Wildman–Crippen LogP) is 2.54. The summed E-state index contributed by atoms with van der Waals surface area (Å²) in [5.41, 5.74) is 2.88. The number of hydrogen-bond acceptors (Lipinski definition) is 2. The molecule has 0 aliphatic heterocycles. The van der Waals surface area contributed by atoms with Crippen molar-refractivity contribution in [1.82, 2.24) is 4.57 Å². The van der Waals surface area contributed by atoms with E-state index in [9.17, 15) is 4.79 Å². The van der Waals surface area contributed by atoms with Gasteiger partial charge in [0, 0.05) is 23.0 Å². The summed E-state index contributed by atoms with van der Waals surface area (Å²) in [6, 6.07) is 4.41. The van der Waals surface area contributed by atoms with Gasteiger partial charge in [0.1, 0.15) is 0 Å². The zero-order valence-electron chi connectivity index (χ0n) is 9.08. The zero-order valence-corrected chi connectivity index (χ0v) is 9.08. The third-order valence-electron chi connectivity index (χ3n) is 2.94. The summed E-state index contributed by atoms with van der Waals surface area (Å²) in [4.78, 5) is 11.6. The highest BCUT2D eigenvalue weighted by atomic mass is 16.1. The van der Waals surface area contributed by atoms with Gasteiger partial charge in [0.15, 0.2) is 5.78 Å². The van der Waals surface area contributed by atoms with Gasteiger partial charge in [-0.1, -0.05) is 0 Å². The Balaban J connectivity index is 2.37. The van der Waals surface area contributed by atoms with Gasteiger partial charge in [-0.2, -0.15) is 5.26 Å². The van der Waals surface area contributed by atoms with Crippen LogP contribution >= 0.6 is 0 Å². The van der Waals surface area contributed by atoms with Crippen LogP contribution in [0.15, 0.2) is 6.07 Å². The molecule has 1 fully saturated rings. The Labute approximate surface area is 89.3 Å². The minimum absolute atomic E-state index is 0.0189. The number of aromatic nitrogens is 1. The van der Waals surface area contributed by atoms with Crippen LogP contribution in [0, 0.1) is 25.2 Å². The van der Waals surface area contributed by atoms with E-state index in [4.69, 9.17) is 5.26 Å². The molecule has 2 rings (SSSR count). The van der Waals surface area contributed by atoms with Crippen LogP contribution < -0.4 is 0 Å². The highest BCUT2D eigenvalue weighted by molar-refractivity contribution is 5.98. The molecule has 1 aromatic heterocycles. The zero-order chi connectivity index (χ0) is 11.0. The number of carbonyl (C=O) groups excluding carboxylic acids is 1. The number of hydrogen-bond donors (Lipinski definition) is 0. The van der Waals surface area contributed by atoms with Gasteiger partial charge in [-0.3, -0.25) is 4.79 Å². The molecule has 78 valence electrons. The van der Waals surface area contributed by atoms with Crippen molar-refractivity contribution in [2.45, 2.75) is 39.2 Å². The van der Waals surface area contributed by atoms with Crippen LogP contribution in [0.3, 0.4) is 0 Å². The molecule has 3 heteroatoms. The molecule has 0 amide bonds. The number of nitrogens with zero attached hydrogens (tertiary/aromatic N) is 2. The quantitative estimate of drug-likeness (QED) is 0.707. The largest absolute Gasteiger partial charge is 0.345 e. The van der Waals surface area contributed by atoms with Crippen molar-refractivity contribution in [2.24, 2.45) is 0 Å². The second-order valence-electron chi connectivity index (χ2n) is 4.14. The molecular weight excluding hydrogens is 188 g/mol. The molecule has 0 N–H and O–H groups in total. The summed E-state index contributed by atoms with van der Waals surface area (Å²) in [6.07, 6.45) is 2.40. The Morgan fingerprint density at radius 3 is 2.80 bits per heavy atom. The first-order valence-corrected chi connectivity index (χ1v) is 5.23. The van der Waals surface area contributed by atoms with E-state index in [0.717, 1.165) is 17.0 Å². The first-order valence-electron chi connectivity index (χ1n) is 5.23. The van der Waals surface area contributed by atoms with Gasteiger partial charge >= 0.3 is 0 Å². The maximum absolute atomic E-state index is 11.6. The van der Waals surface area contributed by atoms with E-state index in [-0.39, 0.29) is 12.2 Å². The van der Waals surface area contributed by atoms with Gasteiger partial charge in [0.05, 0.1) is 12.5 Å². The molecular formula is C12H14N2O. The SMILES string of the molecule is Cc1cc(C(=O)CC#N)c(C)n1C1CC1. The molecule has 15 heavy (non-hydrogen) atoms. The van der Waals surface area contributed by atoms with E-state index in [1.54, 1.807) is 0 Å². The van der Waals surface area contributed by atoms with E-state index >= 15 is 0 Å². The fourth-order valence-corrected chi connectivity index (χ4v) is 2.12. The van der Waals surface area contributed by atoms with Crippen molar-refractivity contribution in [3.05, 3.63) is 23.0 Å². The number of aryl methyl sites for hydroxylation is 1. The Kier molecular flexibility index (Phi) is 2.36. The lowest BCUT2D eigenvalue weighted by Gasteiger charge is -2.06. The summed E-state index contributed by atoms with van der Waals surface area (Å²) >= 11 is 0. The lowest BCUT2D eigenvalue weighted by Crippen LogP contribution is -2.02. The molecule has 1 saturated carbocycles. The molecule has 0 saturated heterocycles. The van der Waals surface area contributed by atoms with Gasteiger partial charge in [-0.05, 0) is 32.8 Å². The number of rotatable bonds is 3.